The molecule has 2 aromatic rings. The van der Waals surface area contributed by atoms with Gasteiger partial charge in [0.15, 0.2) is 0 Å². The molecule has 0 fully saturated rings. The van der Waals surface area contributed by atoms with Crippen molar-refractivity contribution in [2.45, 2.75) is 0 Å². The summed E-state index contributed by atoms with van der Waals surface area (Å²) in [5.74, 6) is -0.0683. The monoisotopic (exact) mass is 177 g/mol. The Balaban J connectivity index is 2.44. The average Bonchev–Trinajstić information content (AvgIpc) is 2.44. The van der Waals surface area contributed by atoms with Gasteiger partial charge in [-0.05, 0) is 6.07 Å². The molecule has 0 N–H and O–H groups in total. The molecular weight excluding hydrogens is 172 g/mol. The highest BCUT2D eigenvalue weighted by Gasteiger charge is 2.00. The van der Waals surface area contributed by atoms with Gasteiger partial charge in [0.2, 0.25) is 5.95 Å². The molecule has 0 bridgehead atoms. The Hall–Kier alpha value is -1.97. The molecule has 0 aliphatic heterocycles. The number of hydrogen-bond donors (Lipinski definition) is 0. The molecule has 0 saturated carbocycles. The third-order valence-corrected chi connectivity index (χ3v) is 1.59. The minimum Gasteiger partial charge on any atom is -0.484 e. The SMILES string of the molecule is O=C([O-])Oc1cc2ccccc2o1. The lowest BCUT2D eigenvalue weighted by Gasteiger charge is -2.00. The molecule has 4 heteroatoms. The fourth-order valence-electron chi connectivity index (χ4n) is 1.09. The van der Waals surface area contributed by atoms with E-state index in [4.69, 9.17) is 4.42 Å². The molecule has 0 amide bonds. The first-order valence-electron chi connectivity index (χ1n) is 3.63. The molecule has 0 saturated heterocycles. The molecule has 0 radical (unpaired) electrons. The van der Waals surface area contributed by atoms with E-state index in [-0.39, 0.29) is 5.95 Å². The topological polar surface area (TPSA) is 62.5 Å². The molecule has 0 atom stereocenters. The van der Waals surface area contributed by atoms with Gasteiger partial charge in [-0.1, -0.05) is 18.2 Å². The summed E-state index contributed by atoms with van der Waals surface area (Å²) in [6, 6.07) is 8.61. The van der Waals surface area contributed by atoms with Crippen molar-refractivity contribution in [1.82, 2.24) is 0 Å². The normalized spacial score (nSPS) is 10.2. The maximum Gasteiger partial charge on any atom is 0.259 e. The second-order valence-corrected chi connectivity index (χ2v) is 2.46. The van der Waals surface area contributed by atoms with Crippen molar-refractivity contribution in [3.8, 4) is 5.95 Å². The number of benzene rings is 1. The Morgan fingerprint density at radius 3 is 2.85 bits per heavy atom. The zero-order chi connectivity index (χ0) is 9.26. The minimum absolute atomic E-state index is 0.0683. The molecule has 4 nitrogen and oxygen atoms in total. The smallest absolute Gasteiger partial charge is 0.259 e. The summed E-state index contributed by atoms with van der Waals surface area (Å²) >= 11 is 0. The highest BCUT2D eigenvalue weighted by Crippen LogP contribution is 2.24. The number of carbonyl (C=O) groups excluding carboxylic acids is 1. The third-order valence-electron chi connectivity index (χ3n) is 1.59. The van der Waals surface area contributed by atoms with Crippen LogP contribution in [0, 0.1) is 0 Å². The van der Waals surface area contributed by atoms with Gasteiger partial charge in [0.05, 0.1) is 0 Å². The van der Waals surface area contributed by atoms with Crippen LogP contribution in [-0.2, 0) is 0 Å². The van der Waals surface area contributed by atoms with E-state index in [0.717, 1.165) is 5.39 Å². The van der Waals surface area contributed by atoms with Gasteiger partial charge in [0.25, 0.3) is 6.16 Å². The number of hydrogen-bond acceptors (Lipinski definition) is 4. The van der Waals surface area contributed by atoms with Crippen molar-refractivity contribution < 1.29 is 19.1 Å². The van der Waals surface area contributed by atoms with Gasteiger partial charge in [-0.2, -0.15) is 0 Å². The summed E-state index contributed by atoms with van der Waals surface area (Å²) in [4.78, 5) is 10.1. The Morgan fingerprint density at radius 2 is 2.15 bits per heavy atom. The predicted octanol–water partition coefficient (Wildman–Crippen LogP) is 1.15. The molecule has 2 rings (SSSR count). The van der Waals surface area contributed by atoms with Crippen LogP contribution in [0.5, 0.6) is 5.95 Å². The lowest BCUT2D eigenvalue weighted by Crippen LogP contribution is -2.26. The molecule has 1 aromatic heterocycles. The summed E-state index contributed by atoms with van der Waals surface area (Å²) in [5, 5.41) is 10.8. The Labute approximate surface area is 73.3 Å². The van der Waals surface area contributed by atoms with Crippen LogP contribution in [0.2, 0.25) is 0 Å². The predicted molar refractivity (Wildman–Crippen MR) is 42.2 cm³/mol. The van der Waals surface area contributed by atoms with E-state index >= 15 is 0 Å². The second kappa shape index (κ2) is 2.82. The highest BCUT2D eigenvalue weighted by atomic mass is 16.7. The van der Waals surface area contributed by atoms with Crippen LogP contribution in [0.3, 0.4) is 0 Å². The van der Waals surface area contributed by atoms with Crippen LogP contribution in [0.4, 0.5) is 4.79 Å². The van der Waals surface area contributed by atoms with Gasteiger partial charge in [-0.3, -0.25) is 0 Å². The summed E-state index contributed by atoms with van der Waals surface area (Å²) in [6.45, 7) is 0. The number of carbonyl (C=O) groups is 1. The van der Waals surface area contributed by atoms with E-state index < -0.39 is 6.16 Å². The zero-order valence-electron chi connectivity index (χ0n) is 6.52. The quantitative estimate of drug-likeness (QED) is 0.613. The summed E-state index contributed by atoms with van der Waals surface area (Å²) in [7, 11) is 0. The Morgan fingerprint density at radius 1 is 1.38 bits per heavy atom. The van der Waals surface area contributed by atoms with Gasteiger partial charge in [-0.25, -0.2) is 0 Å². The number of ether oxygens (including phenoxy) is 1. The zero-order valence-corrected chi connectivity index (χ0v) is 6.52. The van der Waals surface area contributed by atoms with Gasteiger partial charge in [-0.15, -0.1) is 0 Å². The highest BCUT2D eigenvalue weighted by molar-refractivity contribution is 5.79. The van der Waals surface area contributed by atoms with Crippen molar-refractivity contribution in [2.24, 2.45) is 0 Å². The molecule has 0 aliphatic rings. The van der Waals surface area contributed by atoms with E-state index in [9.17, 15) is 9.90 Å². The van der Waals surface area contributed by atoms with E-state index in [0.29, 0.717) is 5.58 Å². The van der Waals surface area contributed by atoms with Crippen LogP contribution >= 0.6 is 0 Å². The van der Waals surface area contributed by atoms with Gasteiger partial charge in [0, 0.05) is 11.5 Å². The average molecular weight is 177 g/mol. The summed E-state index contributed by atoms with van der Waals surface area (Å²) < 4.78 is 9.27. The molecule has 66 valence electrons. The number of fused-ring (bicyclic) bond motifs is 1. The van der Waals surface area contributed by atoms with Crippen LogP contribution < -0.4 is 9.84 Å². The summed E-state index contributed by atoms with van der Waals surface area (Å²) in [6.07, 6.45) is -1.63. The first kappa shape index (κ1) is 7.67. The lowest BCUT2D eigenvalue weighted by molar-refractivity contribution is -0.272. The van der Waals surface area contributed by atoms with Crippen molar-refractivity contribution >= 4 is 17.1 Å². The maximum atomic E-state index is 10.1. The largest absolute Gasteiger partial charge is 0.484 e. The molecule has 1 aromatic carbocycles. The first-order chi connectivity index (χ1) is 6.25. The van der Waals surface area contributed by atoms with E-state index in [1.54, 1.807) is 18.2 Å². The number of furan rings is 1. The fraction of sp³-hybridized carbons (Fsp3) is 0. The van der Waals surface area contributed by atoms with E-state index in [1.807, 2.05) is 6.07 Å². The van der Waals surface area contributed by atoms with Crippen LogP contribution in [0.1, 0.15) is 0 Å². The molecule has 0 spiro atoms. The Kier molecular flexibility index (Phi) is 1.66. The fourth-order valence-corrected chi connectivity index (χ4v) is 1.09. The molecule has 1 heterocycles. The Bertz CT molecular complexity index is 411. The van der Waals surface area contributed by atoms with E-state index in [2.05, 4.69) is 4.74 Å². The van der Waals surface area contributed by atoms with Crippen LogP contribution in [0.15, 0.2) is 34.7 Å². The van der Waals surface area contributed by atoms with Crippen molar-refractivity contribution in [2.75, 3.05) is 0 Å². The second-order valence-electron chi connectivity index (χ2n) is 2.46. The molecular formula is C9H5O4-. The summed E-state index contributed by atoms with van der Waals surface area (Å²) in [5.41, 5.74) is 0.582. The minimum atomic E-state index is -1.63. The molecule has 13 heavy (non-hydrogen) atoms. The maximum absolute atomic E-state index is 10.1. The van der Waals surface area contributed by atoms with Gasteiger partial charge in [0.1, 0.15) is 5.58 Å². The number of para-hydroxylation sites is 1. The van der Waals surface area contributed by atoms with Crippen molar-refractivity contribution in [3.63, 3.8) is 0 Å². The van der Waals surface area contributed by atoms with Gasteiger partial charge >= 0.3 is 0 Å². The van der Waals surface area contributed by atoms with Crippen molar-refractivity contribution in [1.29, 1.82) is 0 Å². The van der Waals surface area contributed by atoms with E-state index in [1.165, 1.54) is 6.07 Å². The lowest BCUT2D eigenvalue weighted by atomic mass is 10.3. The standard InChI is InChI=1S/C9H6O4/c10-9(11)13-8-5-6-3-1-2-4-7(6)12-8/h1-5H,(H,10,11)/p-1. The third kappa shape index (κ3) is 1.46. The number of carboxylic acid groups (broad SMARTS) is 1. The molecule has 0 unspecified atom stereocenters. The van der Waals surface area contributed by atoms with Crippen LogP contribution in [0.25, 0.3) is 11.0 Å². The van der Waals surface area contributed by atoms with Crippen molar-refractivity contribution in [3.05, 3.63) is 30.3 Å². The number of rotatable bonds is 1. The van der Waals surface area contributed by atoms with Gasteiger partial charge < -0.3 is 19.1 Å². The van der Waals surface area contributed by atoms with Crippen LogP contribution in [-0.4, -0.2) is 6.16 Å². The molecule has 0 aliphatic carbocycles. The first-order valence-corrected chi connectivity index (χ1v) is 3.63.